The summed E-state index contributed by atoms with van der Waals surface area (Å²) in [5.74, 6) is 0.487. The summed E-state index contributed by atoms with van der Waals surface area (Å²) in [6.07, 6.45) is 0.639. The van der Waals surface area contributed by atoms with Gasteiger partial charge in [-0.3, -0.25) is 5.32 Å². The number of anilines is 3. The molecule has 0 aliphatic rings. The molecular weight excluding hydrogens is 423 g/mol. The number of fused-ring (bicyclic) bond motifs is 1. The van der Waals surface area contributed by atoms with Crippen LogP contribution in [0, 0.1) is 5.82 Å². The standard InChI is InChI=1S/C22H16ClFN4O3/c1-30-19-11-17-14(10-18(19)28-22(29)31-13-6-3-2-4-7-13)21(26-12-25-17)27-16-9-5-8-15(23)20(16)24/h2-12H,1H3,(H,28,29)(H,25,26,27). The van der Waals surface area contributed by atoms with Crippen LogP contribution in [0.2, 0.25) is 5.02 Å². The van der Waals surface area contributed by atoms with Crippen molar-refractivity contribution in [1.29, 1.82) is 0 Å². The molecule has 0 saturated carbocycles. The molecule has 0 radical (unpaired) electrons. The summed E-state index contributed by atoms with van der Waals surface area (Å²) in [5, 5.41) is 6.08. The number of ether oxygens (including phenoxy) is 2. The van der Waals surface area contributed by atoms with Gasteiger partial charge >= 0.3 is 6.09 Å². The number of rotatable bonds is 5. The lowest BCUT2D eigenvalue weighted by molar-refractivity contribution is 0.215. The lowest BCUT2D eigenvalue weighted by atomic mass is 10.2. The third-order valence-corrected chi connectivity index (χ3v) is 4.64. The fraction of sp³-hybridized carbons (Fsp3) is 0.0455. The van der Waals surface area contributed by atoms with E-state index in [1.165, 1.54) is 25.6 Å². The van der Waals surface area contributed by atoms with Crippen LogP contribution in [0.3, 0.4) is 0 Å². The predicted molar refractivity (Wildman–Crippen MR) is 117 cm³/mol. The van der Waals surface area contributed by atoms with E-state index < -0.39 is 11.9 Å². The molecule has 7 nitrogen and oxygen atoms in total. The third-order valence-electron chi connectivity index (χ3n) is 4.35. The van der Waals surface area contributed by atoms with Crippen molar-refractivity contribution in [2.45, 2.75) is 0 Å². The number of nitrogens with one attached hydrogen (secondary N) is 2. The summed E-state index contributed by atoms with van der Waals surface area (Å²) in [5.41, 5.74) is 1.01. The fourth-order valence-electron chi connectivity index (χ4n) is 2.91. The van der Waals surface area contributed by atoms with Crippen molar-refractivity contribution in [3.63, 3.8) is 0 Å². The van der Waals surface area contributed by atoms with Crippen molar-refractivity contribution in [3.05, 3.63) is 77.8 Å². The summed E-state index contributed by atoms with van der Waals surface area (Å²) >= 11 is 5.86. The number of methoxy groups -OCH3 is 1. The average Bonchev–Trinajstić information content (AvgIpc) is 2.77. The Balaban J connectivity index is 1.68. The first kappa shape index (κ1) is 20.4. The zero-order valence-electron chi connectivity index (χ0n) is 16.2. The maximum absolute atomic E-state index is 14.3. The van der Waals surface area contributed by atoms with E-state index in [0.717, 1.165) is 0 Å². The minimum absolute atomic E-state index is 0.0176. The predicted octanol–water partition coefficient (Wildman–Crippen LogP) is 5.79. The van der Waals surface area contributed by atoms with Gasteiger partial charge < -0.3 is 14.8 Å². The Labute approximate surface area is 181 Å². The van der Waals surface area contributed by atoms with Crippen LogP contribution in [-0.2, 0) is 0 Å². The van der Waals surface area contributed by atoms with Crippen molar-refractivity contribution in [1.82, 2.24) is 9.97 Å². The van der Waals surface area contributed by atoms with Crippen LogP contribution in [0.1, 0.15) is 0 Å². The molecular formula is C22H16ClFN4O3. The van der Waals surface area contributed by atoms with Gasteiger partial charge in [0.15, 0.2) is 5.82 Å². The van der Waals surface area contributed by atoms with Crippen LogP contribution in [-0.4, -0.2) is 23.2 Å². The van der Waals surface area contributed by atoms with Gasteiger partial charge in [0.25, 0.3) is 0 Å². The molecule has 4 aromatic rings. The lowest BCUT2D eigenvalue weighted by Gasteiger charge is -2.14. The van der Waals surface area contributed by atoms with Gasteiger partial charge in [-0.2, -0.15) is 0 Å². The minimum atomic E-state index is -0.698. The van der Waals surface area contributed by atoms with E-state index in [-0.39, 0.29) is 10.7 Å². The first-order valence-corrected chi connectivity index (χ1v) is 9.50. The molecule has 0 aliphatic heterocycles. The Morgan fingerprint density at radius 2 is 1.84 bits per heavy atom. The first-order valence-electron chi connectivity index (χ1n) is 9.13. The molecule has 9 heteroatoms. The normalized spacial score (nSPS) is 10.5. The van der Waals surface area contributed by atoms with Crippen LogP contribution in [0.5, 0.6) is 11.5 Å². The van der Waals surface area contributed by atoms with E-state index in [1.807, 2.05) is 6.07 Å². The van der Waals surface area contributed by atoms with E-state index >= 15 is 0 Å². The highest BCUT2D eigenvalue weighted by molar-refractivity contribution is 6.31. The summed E-state index contributed by atoms with van der Waals surface area (Å²) in [6, 6.07) is 16.5. The van der Waals surface area contributed by atoms with Gasteiger partial charge in [-0.05, 0) is 30.3 Å². The van der Waals surface area contributed by atoms with Crippen LogP contribution in [0.4, 0.5) is 26.4 Å². The maximum atomic E-state index is 14.3. The second kappa shape index (κ2) is 8.85. The van der Waals surface area contributed by atoms with Crippen molar-refractivity contribution in [3.8, 4) is 11.5 Å². The molecule has 0 spiro atoms. The Hall–Kier alpha value is -3.91. The Morgan fingerprint density at radius 1 is 1.03 bits per heavy atom. The molecule has 0 atom stereocenters. The average molecular weight is 439 g/mol. The molecule has 0 bridgehead atoms. The number of carbonyl (C=O) groups is 1. The van der Waals surface area contributed by atoms with Crippen molar-refractivity contribution in [2.75, 3.05) is 17.7 Å². The number of nitrogens with zero attached hydrogens (tertiary/aromatic N) is 2. The number of carbonyl (C=O) groups excluding carboxylic acids is 1. The summed E-state index contributed by atoms with van der Waals surface area (Å²) in [7, 11) is 1.47. The second-order valence-corrected chi connectivity index (χ2v) is 6.75. The lowest BCUT2D eigenvalue weighted by Crippen LogP contribution is -2.17. The molecule has 1 heterocycles. The van der Waals surface area contributed by atoms with Crippen LogP contribution in [0.25, 0.3) is 10.9 Å². The van der Waals surface area contributed by atoms with Gasteiger partial charge in [-0.15, -0.1) is 0 Å². The Bertz CT molecular complexity index is 1250. The molecule has 3 aromatic carbocycles. The van der Waals surface area contributed by atoms with Crippen molar-refractivity contribution < 1.29 is 18.7 Å². The number of benzene rings is 3. The minimum Gasteiger partial charge on any atom is -0.494 e. The Morgan fingerprint density at radius 3 is 2.61 bits per heavy atom. The molecule has 0 aliphatic carbocycles. The van der Waals surface area contributed by atoms with Crippen LogP contribution in [0.15, 0.2) is 67.0 Å². The monoisotopic (exact) mass is 438 g/mol. The summed E-state index contributed by atoms with van der Waals surface area (Å²) in [4.78, 5) is 20.8. The molecule has 156 valence electrons. The van der Waals surface area contributed by atoms with Crippen molar-refractivity contribution >= 4 is 45.8 Å². The van der Waals surface area contributed by atoms with Gasteiger partial charge in [-0.1, -0.05) is 35.9 Å². The number of amides is 1. The number of hydrogen-bond donors (Lipinski definition) is 2. The molecule has 31 heavy (non-hydrogen) atoms. The van der Waals surface area contributed by atoms with E-state index in [4.69, 9.17) is 21.1 Å². The van der Waals surface area contributed by atoms with E-state index in [1.54, 1.807) is 42.5 Å². The maximum Gasteiger partial charge on any atom is 0.417 e. The zero-order valence-corrected chi connectivity index (χ0v) is 17.0. The van der Waals surface area contributed by atoms with Gasteiger partial charge in [0.2, 0.25) is 0 Å². The molecule has 4 rings (SSSR count). The van der Waals surface area contributed by atoms with Gasteiger partial charge in [0, 0.05) is 11.5 Å². The molecule has 1 amide bonds. The highest BCUT2D eigenvalue weighted by Crippen LogP contribution is 2.34. The van der Waals surface area contributed by atoms with Crippen LogP contribution >= 0.6 is 11.6 Å². The van der Waals surface area contributed by atoms with Gasteiger partial charge in [0.1, 0.15) is 23.6 Å². The topological polar surface area (TPSA) is 85.4 Å². The number of para-hydroxylation sites is 1. The Kier molecular flexibility index (Phi) is 5.81. The fourth-order valence-corrected chi connectivity index (χ4v) is 3.08. The zero-order chi connectivity index (χ0) is 21.8. The first-order chi connectivity index (χ1) is 15.0. The van der Waals surface area contributed by atoms with E-state index in [9.17, 15) is 9.18 Å². The number of halogens is 2. The van der Waals surface area contributed by atoms with Crippen LogP contribution < -0.4 is 20.1 Å². The summed E-state index contributed by atoms with van der Waals surface area (Å²) in [6.45, 7) is 0. The number of aromatic nitrogens is 2. The smallest absolute Gasteiger partial charge is 0.417 e. The second-order valence-electron chi connectivity index (χ2n) is 6.35. The molecule has 0 fully saturated rings. The van der Waals surface area contributed by atoms with E-state index in [2.05, 4.69) is 20.6 Å². The van der Waals surface area contributed by atoms with E-state index in [0.29, 0.717) is 33.9 Å². The van der Waals surface area contributed by atoms with Gasteiger partial charge in [-0.25, -0.2) is 19.2 Å². The summed E-state index contributed by atoms with van der Waals surface area (Å²) < 4.78 is 25.0. The highest BCUT2D eigenvalue weighted by atomic mass is 35.5. The molecule has 2 N–H and O–H groups in total. The molecule has 0 unspecified atom stereocenters. The van der Waals surface area contributed by atoms with Gasteiger partial charge in [0.05, 0.1) is 29.0 Å². The SMILES string of the molecule is COc1cc2ncnc(Nc3cccc(Cl)c3F)c2cc1NC(=O)Oc1ccccc1. The highest BCUT2D eigenvalue weighted by Gasteiger charge is 2.15. The largest absolute Gasteiger partial charge is 0.494 e. The number of hydrogen-bond acceptors (Lipinski definition) is 6. The quantitative estimate of drug-likeness (QED) is 0.410. The molecule has 0 saturated heterocycles. The third kappa shape index (κ3) is 4.49. The molecule has 1 aromatic heterocycles. The van der Waals surface area contributed by atoms with Crippen molar-refractivity contribution in [2.24, 2.45) is 0 Å².